The number of hydrogen-bond acceptors (Lipinski definition) is 2. The molecule has 1 saturated carbocycles. The van der Waals surface area contributed by atoms with E-state index in [9.17, 15) is 0 Å². The van der Waals surface area contributed by atoms with Gasteiger partial charge in [0.05, 0.1) is 0 Å². The van der Waals surface area contributed by atoms with Gasteiger partial charge in [-0.1, -0.05) is 30.2 Å². The summed E-state index contributed by atoms with van der Waals surface area (Å²) in [6.45, 7) is 2.08. The smallest absolute Gasteiger partial charge is 0.0496 e. The highest BCUT2D eigenvalue weighted by Gasteiger charge is 2.30. The maximum Gasteiger partial charge on any atom is 0.0496 e. The fourth-order valence-corrected chi connectivity index (χ4v) is 2.72. The zero-order valence-corrected chi connectivity index (χ0v) is 11.3. The van der Waals surface area contributed by atoms with Crippen LogP contribution in [0.25, 0.3) is 0 Å². The van der Waals surface area contributed by atoms with Gasteiger partial charge in [-0.3, -0.25) is 4.90 Å². The van der Waals surface area contributed by atoms with Gasteiger partial charge < -0.3 is 5.73 Å². The number of hydrogen-bond donors (Lipinski definition) is 1. The fourth-order valence-electron chi connectivity index (χ4n) is 2.59. The Balaban J connectivity index is 2.18. The molecule has 2 unspecified atom stereocenters. The second kappa shape index (κ2) is 5.38. The van der Waals surface area contributed by atoms with Crippen LogP contribution >= 0.6 is 11.6 Å². The fraction of sp³-hybridized carbons (Fsp3) is 0.571. The predicted molar refractivity (Wildman–Crippen MR) is 73.2 cm³/mol. The summed E-state index contributed by atoms with van der Waals surface area (Å²) in [5, 5.41) is 0.781. The average Bonchev–Trinajstić information content (AvgIpc) is 2.18. The van der Waals surface area contributed by atoms with E-state index in [1.165, 1.54) is 24.8 Å². The van der Waals surface area contributed by atoms with Gasteiger partial charge in [-0.2, -0.15) is 0 Å². The maximum atomic E-state index is 6.15. The van der Waals surface area contributed by atoms with E-state index in [2.05, 4.69) is 31.0 Å². The van der Waals surface area contributed by atoms with Crippen molar-refractivity contribution in [1.29, 1.82) is 0 Å². The van der Waals surface area contributed by atoms with E-state index >= 15 is 0 Å². The van der Waals surface area contributed by atoms with Crippen LogP contribution in [0.3, 0.4) is 0 Å². The van der Waals surface area contributed by atoms with E-state index in [-0.39, 0.29) is 12.1 Å². The maximum absolute atomic E-state index is 6.15. The van der Waals surface area contributed by atoms with Crippen molar-refractivity contribution in [1.82, 2.24) is 4.90 Å². The van der Waals surface area contributed by atoms with E-state index in [1.54, 1.807) is 0 Å². The van der Waals surface area contributed by atoms with E-state index in [0.29, 0.717) is 6.04 Å². The lowest BCUT2D eigenvalue weighted by atomic mass is 9.88. The Morgan fingerprint density at radius 2 is 1.88 bits per heavy atom. The first-order chi connectivity index (χ1) is 8.09. The molecule has 1 aromatic carbocycles. The first kappa shape index (κ1) is 12.9. The Morgan fingerprint density at radius 1 is 1.29 bits per heavy atom. The molecule has 1 aliphatic rings. The van der Waals surface area contributed by atoms with E-state index in [0.717, 1.165) is 5.02 Å². The normalized spacial score (nSPS) is 20.1. The number of halogens is 1. The number of nitrogens with zero attached hydrogens (tertiary/aromatic N) is 1. The highest BCUT2D eigenvalue weighted by molar-refractivity contribution is 6.30. The van der Waals surface area contributed by atoms with Crippen molar-refractivity contribution in [2.75, 3.05) is 7.05 Å². The number of likely N-dealkylation sites (N-methyl/N-ethyl adjacent to an activating group) is 1. The van der Waals surface area contributed by atoms with Crippen molar-refractivity contribution in [2.24, 2.45) is 5.73 Å². The molecule has 0 aromatic heterocycles. The topological polar surface area (TPSA) is 29.3 Å². The van der Waals surface area contributed by atoms with Crippen LogP contribution in [-0.2, 0) is 0 Å². The molecule has 0 radical (unpaired) electrons. The van der Waals surface area contributed by atoms with E-state index in [4.69, 9.17) is 17.3 Å². The summed E-state index contributed by atoms with van der Waals surface area (Å²) in [6, 6.07) is 9.18. The lowest BCUT2D eigenvalue weighted by Crippen LogP contribution is -2.45. The minimum absolute atomic E-state index is 0.127. The van der Waals surface area contributed by atoms with Crippen molar-refractivity contribution in [2.45, 2.75) is 44.3 Å². The second-order valence-electron chi connectivity index (χ2n) is 5.11. The van der Waals surface area contributed by atoms with Crippen molar-refractivity contribution in [3.63, 3.8) is 0 Å². The first-order valence-electron chi connectivity index (χ1n) is 6.32. The third-order valence-corrected chi connectivity index (χ3v) is 4.05. The molecule has 1 fully saturated rings. The third kappa shape index (κ3) is 2.82. The molecule has 0 heterocycles. The van der Waals surface area contributed by atoms with Gasteiger partial charge >= 0.3 is 0 Å². The van der Waals surface area contributed by atoms with Crippen LogP contribution in [0.15, 0.2) is 24.3 Å². The van der Waals surface area contributed by atoms with Crippen LogP contribution in [0.2, 0.25) is 5.02 Å². The van der Waals surface area contributed by atoms with Crippen molar-refractivity contribution >= 4 is 11.6 Å². The molecule has 0 bridgehead atoms. The summed E-state index contributed by atoms with van der Waals surface area (Å²) in [6.07, 6.45) is 3.95. The Hall–Kier alpha value is -0.570. The molecule has 0 saturated heterocycles. The van der Waals surface area contributed by atoms with Crippen molar-refractivity contribution in [3.05, 3.63) is 34.9 Å². The van der Waals surface area contributed by atoms with Gasteiger partial charge in [0.25, 0.3) is 0 Å². The lowest BCUT2D eigenvalue weighted by molar-refractivity contribution is 0.0979. The summed E-state index contributed by atoms with van der Waals surface area (Å²) < 4.78 is 0. The molecule has 0 aliphatic heterocycles. The highest BCUT2D eigenvalue weighted by atomic mass is 35.5. The van der Waals surface area contributed by atoms with Gasteiger partial charge in [0, 0.05) is 23.1 Å². The van der Waals surface area contributed by atoms with Crippen LogP contribution in [-0.4, -0.2) is 24.0 Å². The number of nitrogens with two attached hydrogens (primary N) is 1. The molecule has 2 atom stereocenters. The van der Waals surface area contributed by atoms with E-state index < -0.39 is 0 Å². The minimum Gasteiger partial charge on any atom is -0.326 e. The molecule has 17 heavy (non-hydrogen) atoms. The van der Waals surface area contributed by atoms with Gasteiger partial charge in [-0.05, 0) is 44.5 Å². The largest absolute Gasteiger partial charge is 0.326 e. The lowest BCUT2D eigenvalue weighted by Gasteiger charge is -2.41. The zero-order valence-electron chi connectivity index (χ0n) is 10.6. The molecule has 1 aliphatic carbocycles. The second-order valence-corrected chi connectivity index (χ2v) is 5.54. The molecule has 2 rings (SSSR count). The highest BCUT2D eigenvalue weighted by Crippen LogP contribution is 2.32. The summed E-state index contributed by atoms with van der Waals surface area (Å²) in [7, 11) is 2.19. The number of benzene rings is 1. The Labute approximate surface area is 109 Å². The summed E-state index contributed by atoms with van der Waals surface area (Å²) in [5.74, 6) is 0. The average molecular weight is 253 g/mol. The molecule has 1 aromatic rings. The van der Waals surface area contributed by atoms with Crippen LogP contribution < -0.4 is 5.73 Å². The summed E-state index contributed by atoms with van der Waals surface area (Å²) >= 11 is 5.93. The van der Waals surface area contributed by atoms with Crippen LogP contribution in [0.1, 0.15) is 37.8 Å². The van der Waals surface area contributed by atoms with Gasteiger partial charge in [-0.15, -0.1) is 0 Å². The molecule has 0 spiro atoms. The van der Waals surface area contributed by atoms with E-state index in [1.807, 2.05) is 12.1 Å². The summed E-state index contributed by atoms with van der Waals surface area (Å²) in [5.41, 5.74) is 7.41. The Bertz CT molecular complexity index is 357. The molecule has 0 amide bonds. The molecule has 2 N–H and O–H groups in total. The van der Waals surface area contributed by atoms with Gasteiger partial charge in [0.15, 0.2) is 0 Å². The monoisotopic (exact) mass is 252 g/mol. The Morgan fingerprint density at radius 3 is 2.29 bits per heavy atom. The molecule has 3 heteroatoms. The Kier molecular flexibility index (Phi) is 4.08. The van der Waals surface area contributed by atoms with Crippen LogP contribution in [0.4, 0.5) is 0 Å². The molecule has 94 valence electrons. The molecular weight excluding hydrogens is 232 g/mol. The van der Waals surface area contributed by atoms with Gasteiger partial charge in [0.2, 0.25) is 0 Å². The van der Waals surface area contributed by atoms with Gasteiger partial charge in [0.1, 0.15) is 0 Å². The molecule has 2 nitrogen and oxygen atoms in total. The number of rotatable bonds is 4. The third-order valence-electron chi connectivity index (χ3n) is 3.80. The van der Waals surface area contributed by atoms with Gasteiger partial charge in [-0.25, -0.2) is 0 Å². The first-order valence-corrected chi connectivity index (χ1v) is 6.70. The van der Waals surface area contributed by atoms with Crippen molar-refractivity contribution in [3.8, 4) is 0 Å². The zero-order chi connectivity index (χ0) is 12.4. The summed E-state index contributed by atoms with van der Waals surface area (Å²) in [4.78, 5) is 2.43. The standard InChI is InChI=1S/C14H21ClN2/c1-10(16)14(17(2)13-4-3-5-13)11-6-8-12(15)9-7-11/h6-10,13-14H,3-5,16H2,1-2H3. The predicted octanol–water partition coefficient (Wildman–Crippen LogP) is 3.21. The molecular formula is C14H21ClN2. The van der Waals surface area contributed by atoms with Crippen molar-refractivity contribution < 1.29 is 0 Å². The van der Waals surface area contributed by atoms with Crippen LogP contribution in [0.5, 0.6) is 0 Å². The SMILES string of the molecule is CC(N)C(c1ccc(Cl)cc1)N(C)C1CCC1. The minimum atomic E-state index is 0.127. The van der Waals surface area contributed by atoms with Crippen LogP contribution in [0, 0.1) is 0 Å². The quantitative estimate of drug-likeness (QED) is 0.892.